The SMILES string of the molecule is O=C(CN1CCN(Cc2ccc(F)cc2Cl)CC1)Nc1ccc([N+](=O)[O-])cc1. The Morgan fingerprint density at radius 2 is 1.75 bits per heavy atom. The van der Waals surface area contributed by atoms with Gasteiger partial charge in [0.05, 0.1) is 11.5 Å². The van der Waals surface area contributed by atoms with Crippen LogP contribution in [0.4, 0.5) is 15.8 Å². The number of rotatable bonds is 6. The summed E-state index contributed by atoms with van der Waals surface area (Å²) in [4.78, 5) is 26.6. The molecule has 1 N–H and O–H groups in total. The van der Waals surface area contributed by atoms with Crippen LogP contribution in [-0.4, -0.2) is 53.4 Å². The van der Waals surface area contributed by atoms with Crippen LogP contribution in [0, 0.1) is 15.9 Å². The van der Waals surface area contributed by atoms with Gasteiger partial charge in [-0.2, -0.15) is 0 Å². The van der Waals surface area contributed by atoms with Crippen molar-refractivity contribution in [3.05, 3.63) is 69.0 Å². The number of non-ortho nitro benzene ring substituents is 1. The van der Waals surface area contributed by atoms with Crippen molar-refractivity contribution in [1.29, 1.82) is 0 Å². The van der Waals surface area contributed by atoms with Crippen molar-refractivity contribution in [1.82, 2.24) is 9.80 Å². The van der Waals surface area contributed by atoms with E-state index in [-0.39, 0.29) is 24.0 Å². The first-order valence-electron chi connectivity index (χ1n) is 8.83. The third kappa shape index (κ3) is 5.48. The summed E-state index contributed by atoms with van der Waals surface area (Å²) in [5, 5.41) is 13.8. The van der Waals surface area contributed by atoms with E-state index in [1.807, 2.05) is 4.90 Å². The third-order valence-electron chi connectivity index (χ3n) is 4.60. The highest BCUT2D eigenvalue weighted by atomic mass is 35.5. The molecule has 0 spiro atoms. The van der Waals surface area contributed by atoms with E-state index < -0.39 is 4.92 Å². The van der Waals surface area contributed by atoms with Gasteiger partial charge in [-0.1, -0.05) is 17.7 Å². The summed E-state index contributed by atoms with van der Waals surface area (Å²) < 4.78 is 13.1. The Morgan fingerprint density at radius 1 is 1.11 bits per heavy atom. The highest BCUT2D eigenvalue weighted by Crippen LogP contribution is 2.20. The topological polar surface area (TPSA) is 78.7 Å². The Bertz CT molecular complexity index is 855. The summed E-state index contributed by atoms with van der Waals surface area (Å²) in [5.41, 5.74) is 1.39. The summed E-state index contributed by atoms with van der Waals surface area (Å²) >= 11 is 6.08. The molecule has 0 aliphatic carbocycles. The maximum absolute atomic E-state index is 13.1. The Labute approximate surface area is 166 Å². The molecule has 0 saturated carbocycles. The van der Waals surface area contributed by atoms with Crippen LogP contribution in [0.25, 0.3) is 0 Å². The average Bonchev–Trinajstić information content (AvgIpc) is 2.66. The number of carbonyl (C=O) groups excluding carboxylic acids is 1. The second-order valence-corrected chi connectivity index (χ2v) is 7.05. The van der Waals surface area contributed by atoms with Crippen LogP contribution in [0.1, 0.15) is 5.56 Å². The molecule has 0 aromatic heterocycles. The van der Waals surface area contributed by atoms with E-state index in [1.54, 1.807) is 6.07 Å². The summed E-state index contributed by atoms with van der Waals surface area (Å²) in [6, 6.07) is 10.2. The summed E-state index contributed by atoms with van der Waals surface area (Å²) in [6.45, 7) is 3.90. The normalized spacial score (nSPS) is 15.4. The van der Waals surface area contributed by atoms with Gasteiger partial charge in [0, 0.05) is 55.6 Å². The van der Waals surface area contributed by atoms with Gasteiger partial charge in [0.2, 0.25) is 5.91 Å². The Morgan fingerprint density at radius 3 is 2.36 bits per heavy atom. The van der Waals surface area contributed by atoms with Crippen LogP contribution in [0.3, 0.4) is 0 Å². The molecule has 7 nitrogen and oxygen atoms in total. The Balaban J connectivity index is 1.44. The molecule has 28 heavy (non-hydrogen) atoms. The predicted octanol–water partition coefficient (Wildman–Crippen LogP) is 3.14. The van der Waals surface area contributed by atoms with Gasteiger partial charge in [-0.3, -0.25) is 24.7 Å². The van der Waals surface area contributed by atoms with Crippen LogP contribution in [-0.2, 0) is 11.3 Å². The molecule has 2 aromatic rings. The number of nitrogens with one attached hydrogen (secondary N) is 1. The van der Waals surface area contributed by atoms with Crippen LogP contribution >= 0.6 is 11.6 Å². The quantitative estimate of drug-likeness (QED) is 0.589. The molecule has 1 amide bonds. The van der Waals surface area contributed by atoms with Gasteiger partial charge < -0.3 is 5.32 Å². The maximum Gasteiger partial charge on any atom is 0.269 e. The molecule has 0 bridgehead atoms. The van der Waals surface area contributed by atoms with Crippen molar-refractivity contribution in [2.24, 2.45) is 0 Å². The molecular formula is C19H20ClFN4O3. The molecule has 2 aromatic carbocycles. The van der Waals surface area contributed by atoms with Gasteiger partial charge in [0.15, 0.2) is 0 Å². The fourth-order valence-electron chi connectivity index (χ4n) is 3.07. The molecule has 0 unspecified atom stereocenters. The van der Waals surface area contributed by atoms with Gasteiger partial charge in [0.1, 0.15) is 5.82 Å². The number of amides is 1. The van der Waals surface area contributed by atoms with Crippen molar-refractivity contribution in [3.63, 3.8) is 0 Å². The first-order chi connectivity index (χ1) is 13.4. The monoisotopic (exact) mass is 406 g/mol. The number of nitrogens with zero attached hydrogens (tertiary/aromatic N) is 3. The first-order valence-corrected chi connectivity index (χ1v) is 9.21. The Kier molecular flexibility index (Phi) is 6.56. The van der Waals surface area contributed by atoms with Crippen molar-refractivity contribution >= 4 is 28.9 Å². The molecule has 0 atom stereocenters. The highest BCUT2D eigenvalue weighted by molar-refractivity contribution is 6.31. The van der Waals surface area contributed by atoms with Crippen molar-refractivity contribution in [3.8, 4) is 0 Å². The zero-order valence-corrected chi connectivity index (χ0v) is 15.9. The number of hydrogen-bond donors (Lipinski definition) is 1. The minimum absolute atomic E-state index is 0.0182. The second kappa shape index (κ2) is 9.09. The van der Waals surface area contributed by atoms with E-state index in [1.165, 1.54) is 36.4 Å². The summed E-state index contributed by atoms with van der Waals surface area (Å²) in [6.07, 6.45) is 0. The predicted molar refractivity (Wildman–Crippen MR) is 105 cm³/mol. The molecule has 1 heterocycles. The van der Waals surface area contributed by atoms with Crippen LogP contribution in [0.15, 0.2) is 42.5 Å². The zero-order chi connectivity index (χ0) is 20.1. The molecule has 1 aliphatic heterocycles. The lowest BCUT2D eigenvalue weighted by Crippen LogP contribution is -2.48. The molecular weight excluding hydrogens is 387 g/mol. The van der Waals surface area contributed by atoms with E-state index in [4.69, 9.17) is 11.6 Å². The lowest BCUT2D eigenvalue weighted by atomic mass is 10.2. The lowest BCUT2D eigenvalue weighted by Gasteiger charge is -2.34. The smallest absolute Gasteiger partial charge is 0.269 e. The lowest BCUT2D eigenvalue weighted by molar-refractivity contribution is -0.384. The zero-order valence-electron chi connectivity index (χ0n) is 15.1. The molecule has 0 radical (unpaired) electrons. The van der Waals surface area contributed by atoms with Gasteiger partial charge in [-0.15, -0.1) is 0 Å². The summed E-state index contributed by atoms with van der Waals surface area (Å²) in [5.74, 6) is -0.513. The van der Waals surface area contributed by atoms with Crippen LogP contribution in [0.2, 0.25) is 5.02 Å². The molecule has 1 fully saturated rings. The number of hydrogen-bond acceptors (Lipinski definition) is 5. The molecule has 3 rings (SSSR count). The Hall–Kier alpha value is -2.55. The molecule has 1 saturated heterocycles. The minimum Gasteiger partial charge on any atom is -0.325 e. The standard InChI is InChI=1S/C19H20ClFN4O3/c20-18-11-15(21)2-1-14(18)12-23-7-9-24(10-8-23)13-19(26)22-16-3-5-17(6-4-16)25(27)28/h1-6,11H,7-10,12-13H2,(H,22,26). The fourth-order valence-corrected chi connectivity index (χ4v) is 3.29. The van der Waals surface area contributed by atoms with Gasteiger partial charge >= 0.3 is 0 Å². The van der Waals surface area contributed by atoms with Gasteiger partial charge in [-0.25, -0.2) is 4.39 Å². The number of nitro groups is 1. The molecule has 1 aliphatic rings. The average molecular weight is 407 g/mol. The van der Waals surface area contributed by atoms with E-state index in [2.05, 4.69) is 10.2 Å². The molecule has 148 valence electrons. The third-order valence-corrected chi connectivity index (χ3v) is 4.95. The number of benzene rings is 2. The summed E-state index contributed by atoms with van der Waals surface area (Å²) in [7, 11) is 0. The van der Waals surface area contributed by atoms with Crippen molar-refractivity contribution in [2.45, 2.75) is 6.54 Å². The van der Waals surface area contributed by atoms with E-state index in [0.29, 0.717) is 17.3 Å². The van der Waals surface area contributed by atoms with Crippen LogP contribution < -0.4 is 5.32 Å². The van der Waals surface area contributed by atoms with Gasteiger partial charge in [-0.05, 0) is 29.8 Å². The van der Waals surface area contributed by atoms with Gasteiger partial charge in [0.25, 0.3) is 5.69 Å². The molecule has 9 heteroatoms. The minimum atomic E-state index is -0.482. The largest absolute Gasteiger partial charge is 0.325 e. The van der Waals surface area contributed by atoms with Crippen LogP contribution in [0.5, 0.6) is 0 Å². The van der Waals surface area contributed by atoms with Crippen molar-refractivity contribution < 1.29 is 14.1 Å². The first kappa shape index (κ1) is 20.2. The number of nitro benzene ring substituents is 1. The van der Waals surface area contributed by atoms with E-state index in [0.717, 1.165) is 31.7 Å². The maximum atomic E-state index is 13.1. The highest BCUT2D eigenvalue weighted by Gasteiger charge is 2.20. The van der Waals surface area contributed by atoms with Crippen molar-refractivity contribution in [2.75, 3.05) is 38.0 Å². The number of piperazine rings is 1. The number of anilines is 1. The van der Waals surface area contributed by atoms with E-state index >= 15 is 0 Å². The number of halogens is 2. The van der Waals surface area contributed by atoms with E-state index in [9.17, 15) is 19.3 Å². The second-order valence-electron chi connectivity index (χ2n) is 6.64. The number of carbonyl (C=O) groups is 1. The fraction of sp³-hybridized carbons (Fsp3) is 0.316.